The molecule has 0 saturated heterocycles. The highest BCUT2D eigenvalue weighted by molar-refractivity contribution is 7.92. The summed E-state index contributed by atoms with van der Waals surface area (Å²) in [5.41, 5.74) is 4.04. The zero-order valence-corrected chi connectivity index (χ0v) is 14.5. The summed E-state index contributed by atoms with van der Waals surface area (Å²) in [4.78, 5) is 0.297. The number of anilines is 1. The molecule has 2 aromatic carbocycles. The molecule has 0 atom stereocenters. The lowest BCUT2D eigenvalue weighted by atomic mass is 10.0. The van der Waals surface area contributed by atoms with Crippen molar-refractivity contribution in [2.45, 2.75) is 31.6 Å². The summed E-state index contributed by atoms with van der Waals surface area (Å²) in [7, 11) is -3.70. The number of benzene rings is 2. The number of hydrogen-bond acceptors (Lipinski definition) is 4. The third-order valence-corrected chi connectivity index (χ3v) is 6.01. The molecule has 0 bridgehead atoms. The Hall–Kier alpha value is -2.21. The first-order chi connectivity index (χ1) is 11.5. The lowest BCUT2D eigenvalue weighted by Gasteiger charge is -2.16. The number of aryl methyl sites for hydroxylation is 2. The second-order valence-electron chi connectivity index (χ2n) is 6.29. The van der Waals surface area contributed by atoms with Crippen molar-refractivity contribution in [1.29, 1.82) is 0 Å². The van der Waals surface area contributed by atoms with Crippen molar-refractivity contribution < 1.29 is 17.9 Å². The maximum atomic E-state index is 13.0. The first-order valence-corrected chi connectivity index (χ1v) is 9.48. The van der Waals surface area contributed by atoms with E-state index >= 15 is 0 Å². The molecular formula is C18H19NO4S. The van der Waals surface area contributed by atoms with Crippen LogP contribution in [0.5, 0.6) is 11.5 Å². The monoisotopic (exact) mass is 345 g/mol. The summed E-state index contributed by atoms with van der Waals surface area (Å²) in [5, 5.41) is 0. The highest BCUT2D eigenvalue weighted by atomic mass is 32.2. The Morgan fingerprint density at radius 2 is 1.83 bits per heavy atom. The van der Waals surface area contributed by atoms with E-state index in [0.717, 1.165) is 34.4 Å². The lowest BCUT2D eigenvalue weighted by molar-refractivity contribution is 0.356. The number of ether oxygens (including phenoxy) is 2. The molecule has 0 aromatic heterocycles. The molecule has 6 heteroatoms. The Morgan fingerprint density at radius 3 is 2.67 bits per heavy atom. The van der Waals surface area contributed by atoms with E-state index < -0.39 is 10.0 Å². The maximum Gasteiger partial charge on any atom is 0.262 e. The fourth-order valence-electron chi connectivity index (χ4n) is 3.28. The van der Waals surface area contributed by atoms with Crippen molar-refractivity contribution in [2.75, 3.05) is 17.9 Å². The van der Waals surface area contributed by atoms with Crippen molar-refractivity contribution in [1.82, 2.24) is 0 Å². The third-order valence-electron chi connectivity index (χ3n) is 4.52. The molecule has 0 radical (unpaired) electrons. The second-order valence-corrected chi connectivity index (χ2v) is 7.94. The largest absolute Gasteiger partial charge is 0.493 e. The second kappa shape index (κ2) is 5.41. The van der Waals surface area contributed by atoms with Crippen LogP contribution < -0.4 is 14.2 Å². The zero-order valence-electron chi connectivity index (χ0n) is 13.7. The smallest absolute Gasteiger partial charge is 0.262 e. The Labute approximate surface area is 141 Å². The molecule has 2 aliphatic heterocycles. The van der Waals surface area contributed by atoms with Gasteiger partial charge in [0.2, 0.25) is 0 Å². The molecular weight excluding hydrogens is 326 g/mol. The van der Waals surface area contributed by atoms with Gasteiger partial charge in [0, 0.05) is 24.0 Å². The van der Waals surface area contributed by atoms with Gasteiger partial charge in [0.15, 0.2) is 0 Å². The van der Waals surface area contributed by atoms with Crippen LogP contribution in [0.2, 0.25) is 0 Å². The Kier molecular flexibility index (Phi) is 3.46. The SMILES string of the molecule is Cc1ccc(C)c(S(=O)(=O)Nc2c3c(cc4c2OCC4)OCC3)c1. The molecule has 0 saturated carbocycles. The van der Waals surface area contributed by atoms with Gasteiger partial charge in [0.1, 0.15) is 11.5 Å². The van der Waals surface area contributed by atoms with Crippen LogP contribution in [0.1, 0.15) is 22.3 Å². The number of fused-ring (bicyclic) bond motifs is 2. The topological polar surface area (TPSA) is 64.6 Å². The molecule has 1 N–H and O–H groups in total. The molecule has 0 fully saturated rings. The molecule has 2 heterocycles. The van der Waals surface area contributed by atoms with Crippen molar-refractivity contribution in [3.63, 3.8) is 0 Å². The Bertz CT molecular complexity index is 902. The van der Waals surface area contributed by atoms with Crippen LogP contribution in [-0.4, -0.2) is 21.6 Å². The first-order valence-electron chi connectivity index (χ1n) is 8.00. The molecule has 2 aromatic rings. The van der Waals surface area contributed by atoms with Gasteiger partial charge in [-0.3, -0.25) is 4.72 Å². The summed E-state index contributed by atoms with van der Waals surface area (Å²) in [6.07, 6.45) is 1.45. The Balaban J connectivity index is 1.83. The lowest BCUT2D eigenvalue weighted by Crippen LogP contribution is -2.16. The Morgan fingerprint density at radius 1 is 1.04 bits per heavy atom. The minimum Gasteiger partial charge on any atom is -0.493 e. The van der Waals surface area contributed by atoms with Gasteiger partial charge in [-0.1, -0.05) is 12.1 Å². The number of rotatable bonds is 3. The predicted octanol–water partition coefficient (Wildman–Crippen LogP) is 2.97. The number of nitrogens with one attached hydrogen (secondary N) is 1. The highest BCUT2D eigenvalue weighted by Gasteiger charge is 2.29. The van der Waals surface area contributed by atoms with Crippen molar-refractivity contribution in [3.8, 4) is 11.5 Å². The van der Waals surface area contributed by atoms with Crippen LogP contribution in [0.25, 0.3) is 0 Å². The van der Waals surface area contributed by atoms with Gasteiger partial charge in [0.05, 0.1) is 23.8 Å². The van der Waals surface area contributed by atoms with Gasteiger partial charge in [-0.15, -0.1) is 0 Å². The molecule has 0 spiro atoms. The van der Waals surface area contributed by atoms with Crippen LogP contribution in [0, 0.1) is 13.8 Å². The maximum absolute atomic E-state index is 13.0. The summed E-state index contributed by atoms with van der Waals surface area (Å²) in [6.45, 7) is 4.81. The zero-order chi connectivity index (χ0) is 16.9. The van der Waals surface area contributed by atoms with E-state index in [-0.39, 0.29) is 0 Å². The van der Waals surface area contributed by atoms with Crippen LogP contribution in [0.4, 0.5) is 5.69 Å². The molecule has 24 heavy (non-hydrogen) atoms. The van der Waals surface area contributed by atoms with Crippen molar-refractivity contribution in [3.05, 3.63) is 46.5 Å². The van der Waals surface area contributed by atoms with E-state index in [1.54, 1.807) is 13.0 Å². The van der Waals surface area contributed by atoms with Gasteiger partial charge in [0.25, 0.3) is 10.0 Å². The van der Waals surface area contributed by atoms with Crippen molar-refractivity contribution in [2.24, 2.45) is 0 Å². The molecule has 4 rings (SSSR count). The molecule has 126 valence electrons. The van der Waals surface area contributed by atoms with Gasteiger partial charge in [-0.05, 0) is 37.1 Å². The quantitative estimate of drug-likeness (QED) is 0.929. The van der Waals surface area contributed by atoms with Crippen LogP contribution in [0.15, 0.2) is 29.2 Å². The number of sulfonamides is 1. The summed E-state index contributed by atoms with van der Waals surface area (Å²) >= 11 is 0. The van der Waals surface area contributed by atoms with E-state index in [1.807, 2.05) is 25.1 Å². The van der Waals surface area contributed by atoms with Gasteiger partial charge in [-0.25, -0.2) is 8.42 Å². The fourth-order valence-corrected chi connectivity index (χ4v) is 4.71. The highest BCUT2D eigenvalue weighted by Crippen LogP contribution is 2.45. The van der Waals surface area contributed by atoms with Crippen LogP contribution in [-0.2, 0) is 22.9 Å². The summed E-state index contributed by atoms with van der Waals surface area (Å²) in [5.74, 6) is 1.41. The summed E-state index contributed by atoms with van der Waals surface area (Å²) in [6, 6.07) is 7.39. The number of hydrogen-bond donors (Lipinski definition) is 1. The average molecular weight is 345 g/mol. The molecule has 0 aliphatic carbocycles. The van der Waals surface area contributed by atoms with E-state index in [9.17, 15) is 8.42 Å². The van der Waals surface area contributed by atoms with Crippen LogP contribution in [0.3, 0.4) is 0 Å². The third kappa shape index (κ3) is 2.41. The normalized spacial score (nSPS) is 15.4. The predicted molar refractivity (Wildman–Crippen MR) is 91.6 cm³/mol. The van der Waals surface area contributed by atoms with E-state index in [0.29, 0.717) is 36.0 Å². The molecule has 0 amide bonds. The first kappa shape index (κ1) is 15.3. The minimum absolute atomic E-state index is 0.297. The molecule has 2 aliphatic rings. The molecule has 5 nitrogen and oxygen atoms in total. The standard InChI is InChI=1S/C18H19NO4S/c1-11-3-4-12(2)16(9-11)24(20,21)19-17-14-6-8-22-15(14)10-13-5-7-23-18(13)17/h3-4,9-10,19H,5-8H2,1-2H3. The fraction of sp³-hybridized carbons (Fsp3) is 0.333. The minimum atomic E-state index is -3.70. The summed E-state index contributed by atoms with van der Waals surface area (Å²) < 4.78 is 40.0. The van der Waals surface area contributed by atoms with E-state index in [4.69, 9.17) is 9.47 Å². The van der Waals surface area contributed by atoms with E-state index in [1.165, 1.54) is 0 Å². The van der Waals surface area contributed by atoms with Gasteiger partial charge < -0.3 is 9.47 Å². The average Bonchev–Trinajstić information content (AvgIpc) is 3.18. The van der Waals surface area contributed by atoms with E-state index in [2.05, 4.69) is 4.72 Å². The van der Waals surface area contributed by atoms with Crippen LogP contribution >= 0.6 is 0 Å². The van der Waals surface area contributed by atoms with Gasteiger partial charge in [-0.2, -0.15) is 0 Å². The molecule has 0 unspecified atom stereocenters. The van der Waals surface area contributed by atoms with Crippen molar-refractivity contribution >= 4 is 15.7 Å². The van der Waals surface area contributed by atoms with Gasteiger partial charge >= 0.3 is 0 Å².